The summed E-state index contributed by atoms with van der Waals surface area (Å²) < 4.78 is 7.25. The van der Waals surface area contributed by atoms with Crippen LogP contribution in [0.25, 0.3) is 16.9 Å². The number of aromatic nitrogens is 4. The molecule has 0 amide bonds. The van der Waals surface area contributed by atoms with Crippen LogP contribution in [-0.2, 0) is 0 Å². The molecule has 0 spiro atoms. The van der Waals surface area contributed by atoms with Crippen LogP contribution in [0.4, 0.5) is 5.13 Å². The molecule has 8 heteroatoms. The fourth-order valence-corrected chi connectivity index (χ4v) is 5.39. The maximum absolute atomic E-state index is 5.38. The minimum atomic E-state index is -0.0143. The standard InChI is InChI=1S/C29H26N6OS/c1-19-9-13-23(14-10-19)34-20(2)28(31-33-34)25-17-27(22-11-15-24(36-3)16-12-22)35(32-25)29-30-26(18-37-29)21-7-5-4-6-8-21/h4-16,18,27H,17H2,1-3H3. The molecular weight excluding hydrogens is 480 g/mol. The van der Waals surface area contributed by atoms with Gasteiger partial charge in [0.25, 0.3) is 0 Å². The first-order chi connectivity index (χ1) is 18.1. The summed E-state index contributed by atoms with van der Waals surface area (Å²) >= 11 is 1.59. The van der Waals surface area contributed by atoms with Crippen LogP contribution in [0.5, 0.6) is 5.75 Å². The summed E-state index contributed by atoms with van der Waals surface area (Å²) in [5.41, 5.74) is 8.02. The SMILES string of the molecule is COc1ccc(C2CC(c3nnn(-c4ccc(C)cc4)c3C)=NN2c2nc(-c3ccccc3)cs2)cc1. The van der Waals surface area contributed by atoms with Crippen molar-refractivity contribution in [2.24, 2.45) is 5.10 Å². The van der Waals surface area contributed by atoms with Crippen molar-refractivity contribution < 1.29 is 4.74 Å². The molecule has 0 fully saturated rings. The first-order valence-electron chi connectivity index (χ1n) is 12.1. The lowest BCUT2D eigenvalue weighted by Gasteiger charge is -2.21. The lowest BCUT2D eigenvalue weighted by atomic mass is 10.00. The van der Waals surface area contributed by atoms with E-state index >= 15 is 0 Å². The number of aryl methyl sites for hydroxylation is 1. The number of rotatable bonds is 6. The van der Waals surface area contributed by atoms with E-state index in [0.29, 0.717) is 6.42 Å². The topological polar surface area (TPSA) is 68.4 Å². The molecule has 1 atom stereocenters. The van der Waals surface area contributed by atoms with Crippen molar-refractivity contribution in [3.8, 4) is 22.7 Å². The van der Waals surface area contributed by atoms with Gasteiger partial charge in [-0.25, -0.2) is 14.7 Å². The van der Waals surface area contributed by atoms with Gasteiger partial charge in [0.2, 0.25) is 5.13 Å². The molecule has 1 aliphatic heterocycles. The van der Waals surface area contributed by atoms with Gasteiger partial charge in [0.1, 0.15) is 11.4 Å². The van der Waals surface area contributed by atoms with Gasteiger partial charge >= 0.3 is 0 Å². The van der Waals surface area contributed by atoms with Gasteiger partial charge < -0.3 is 4.74 Å². The Morgan fingerprint density at radius 2 is 1.68 bits per heavy atom. The number of methoxy groups -OCH3 is 1. The molecule has 0 saturated heterocycles. The van der Waals surface area contributed by atoms with Crippen molar-refractivity contribution in [2.75, 3.05) is 12.1 Å². The molecule has 184 valence electrons. The Balaban J connectivity index is 1.38. The van der Waals surface area contributed by atoms with Crippen LogP contribution in [0.3, 0.4) is 0 Å². The van der Waals surface area contributed by atoms with E-state index in [1.54, 1.807) is 18.4 Å². The van der Waals surface area contributed by atoms with Gasteiger partial charge in [-0.2, -0.15) is 5.10 Å². The Morgan fingerprint density at radius 3 is 2.41 bits per heavy atom. The Bertz CT molecular complexity index is 1550. The Labute approximate surface area is 219 Å². The van der Waals surface area contributed by atoms with E-state index in [2.05, 4.69) is 71.1 Å². The summed E-state index contributed by atoms with van der Waals surface area (Å²) in [5, 5.41) is 19.0. The molecule has 2 aromatic heterocycles. The number of hydrazone groups is 1. The summed E-state index contributed by atoms with van der Waals surface area (Å²) in [5.74, 6) is 0.826. The number of nitrogens with zero attached hydrogens (tertiary/aromatic N) is 6. The summed E-state index contributed by atoms with van der Waals surface area (Å²) in [6.07, 6.45) is 0.694. The van der Waals surface area contributed by atoms with Gasteiger partial charge in [-0.1, -0.05) is 65.4 Å². The number of thiazole rings is 1. The quantitative estimate of drug-likeness (QED) is 0.268. The van der Waals surface area contributed by atoms with Crippen molar-refractivity contribution in [2.45, 2.75) is 26.3 Å². The molecule has 37 heavy (non-hydrogen) atoms. The van der Waals surface area contributed by atoms with Crippen molar-refractivity contribution in [3.63, 3.8) is 0 Å². The van der Waals surface area contributed by atoms with Gasteiger partial charge in [-0.15, -0.1) is 16.4 Å². The van der Waals surface area contributed by atoms with E-state index in [1.165, 1.54) is 5.56 Å². The molecule has 0 bridgehead atoms. The fourth-order valence-electron chi connectivity index (χ4n) is 4.55. The van der Waals surface area contributed by atoms with E-state index in [0.717, 1.165) is 50.5 Å². The molecule has 0 saturated carbocycles. The molecular formula is C29H26N6OS. The Kier molecular flexibility index (Phi) is 6.02. The first-order valence-corrected chi connectivity index (χ1v) is 13.0. The molecule has 3 aromatic carbocycles. The molecule has 5 aromatic rings. The fraction of sp³-hybridized carbons (Fsp3) is 0.172. The molecule has 1 aliphatic rings. The number of anilines is 1. The van der Waals surface area contributed by atoms with Crippen LogP contribution in [0.15, 0.2) is 89.3 Å². The van der Waals surface area contributed by atoms with E-state index in [-0.39, 0.29) is 6.04 Å². The second-order valence-electron chi connectivity index (χ2n) is 9.04. The normalized spacial score (nSPS) is 15.2. The number of hydrogen-bond acceptors (Lipinski definition) is 7. The minimum absolute atomic E-state index is 0.0143. The number of hydrogen-bond donors (Lipinski definition) is 0. The third-order valence-corrected chi connectivity index (χ3v) is 7.45. The Morgan fingerprint density at radius 1 is 0.919 bits per heavy atom. The van der Waals surface area contributed by atoms with E-state index in [4.69, 9.17) is 14.8 Å². The van der Waals surface area contributed by atoms with Crippen LogP contribution in [0, 0.1) is 13.8 Å². The third kappa shape index (κ3) is 4.40. The van der Waals surface area contributed by atoms with Crippen LogP contribution in [-0.4, -0.2) is 32.8 Å². The maximum atomic E-state index is 5.38. The van der Waals surface area contributed by atoms with Gasteiger partial charge in [-0.05, 0) is 43.7 Å². The predicted octanol–water partition coefficient (Wildman–Crippen LogP) is 6.37. The summed E-state index contributed by atoms with van der Waals surface area (Å²) in [6, 6.07) is 26.7. The molecule has 6 rings (SSSR count). The second-order valence-corrected chi connectivity index (χ2v) is 9.87. The summed E-state index contributed by atoms with van der Waals surface area (Å²) in [7, 11) is 1.68. The average molecular weight is 507 g/mol. The third-order valence-electron chi connectivity index (χ3n) is 6.62. The van der Waals surface area contributed by atoms with E-state index < -0.39 is 0 Å². The largest absolute Gasteiger partial charge is 0.497 e. The van der Waals surface area contributed by atoms with Gasteiger partial charge in [0.15, 0.2) is 0 Å². The van der Waals surface area contributed by atoms with Gasteiger partial charge in [0, 0.05) is 17.4 Å². The Hall–Kier alpha value is -4.30. The van der Waals surface area contributed by atoms with Crippen molar-refractivity contribution in [3.05, 3.63) is 107 Å². The monoisotopic (exact) mass is 506 g/mol. The van der Waals surface area contributed by atoms with Crippen LogP contribution < -0.4 is 9.75 Å². The second kappa shape index (κ2) is 9.63. The highest BCUT2D eigenvalue weighted by Crippen LogP contribution is 2.40. The average Bonchev–Trinajstić information content (AvgIpc) is 3.68. The first kappa shape index (κ1) is 23.1. The smallest absolute Gasteiger partial charge is 0.207 e. The van der Waals surface area contributed by atoms with E-state index in [9.17, 15) is 0 Å². The highest BCUT2D eigenvalue weighted by Gasteiger charge is 2.34. The highest BCUT2D eigenvalue weighted by atomic mass is 32.1. The van der Waals surface area contributed by atoms with Gasteiger partial charge in [-0.3, -0.25) is 0 Å². The lowest BCUT2D eigenvalue weighted by Crippen LogP contribution is -2.18. The minimum Gasteiger partial charge on any atom is -0.497 e. The van der Waals surface area contributed by atoms with Crippen LogP contribution in [0.2, 0.25) is 0 Å². The van der Waals surface area contributed by atoms with Crippen molar-refractivity contribution in [1.29, 1.82) is 0 Å². The molecule has 1 unspecified atom stereocenters. The predicted molar refractivity (Wildman–Crippen MR) is 148 cm³/mol. The number of benzene rings is 3. The zero-order chi connectivity index (χ0) is 25.4. The summed E-state index contributed by atoms with van der Waals surface area (Å²) in [6.45, 7) is 4.12. The molecule has 3 heterocycles. The highest BCUT2D eigenvalue weighted by molar-refractivity contribution is 7.14. The van der Waals surface area contributed by atoms with Gasteiger partial charge in [0.05, 0.1) is 35.9 Å². The zero-order valence-electron chi connectivity index (χ0n) is 20.9. The van der Waals surface area contributed by atoms with E-state index in [1.807, 2.05) is 46.9 Å². The molecule has 0 aliphatic carbocycles. The van der Waals surface area contributed by atoms with Crippen LogP contribution in [0.1, 0.15) is 35.0 Å². The molecule has 0 radical (unpaired) electrons. The molecule has 7 nitrogen and oxygen atoms in total. The van der Waals surface area contributed by atoms with Crippen LogP contribution >= 0.6 is 11.3 Å². The molecule has 0 N–H and O–H groups in total. The zero-order valence-corrected chi connectivity index (χ0v) is 21.7. The lowest BCUT2D eigenvalue weighted by molar-refractivity contribution is 0.414. The number of ether oxygens (including phenoxy) is 1. The summed E-state index contributed by atoms with van der Waals surface area (Å²) in [4.78, 5) is 4.95. The van der Waals surface area contributed by atoms with Crippen molar-refractivity contribution >= 4 is 22.2 Å². The maximum Gasteiger partial charge on any atom is 0.207 e. The van der Waals surface area contributed by atoms with Crippen molar-refractivity contribution in [1.82, 2.24) is 20.0 Å².